The number of amides is 1. The highest BCUT2D eigenvalue weighted by Crippen LogP contribution is 2.28. The maximum absolute atomic E-state index is 13.1. The van der Waals surface area contributed by atoms with Crippen LogP contribution in [0.3, 0.4) is 0 Å². The number of benzene rings is 3. The molecule has 0 radical (unpaired) electrons. The summed E-state index contributed by atoms with van der Waals surface area (Å²) in [6.45, 7) is 0. The quantitative estimate of drug-likeness (QED) is 0.475. The van der Waals surface area contributed by atoms with Gasteiger partial charge in [0.05, 0.1) is 25.4 Å². The molecule has 0 saturated heterocycles. The van der Waals surface area contributed by atoms with Crippen LogP contribution in [0.5, 0.6) is 5.75 Å². The number of nitrogens with zero attached hydrogens (tertiary/aromatic N) is 2. The Morgan fingerprint density at radius 1 is 0.935 bits per heavy atom. The van der Waals surface area contributed by atoms with Gasteiger partial charge in [-0.15, -0.1) is 0 Å². The molecule has 0 aliphatic carbocycles. The molecule has 1 heterocycles. The molecule has 4 rings (SSSR count). The summed E-state index contributed by atoms with van der Waals surface area (Å²) in [7, 11) is 1.62. The minimum atomic E-state index is -0.337. The number of methoxy groups -OCH3 is 1. The normalized spacial score (nSPS) is 10.5. The average molecular weight is 413 g/mol. The van der Waals surface area contributed by atoms with E-state index >= 15 is 0 Å². The van der Waals surface area contributed by atoms with Crippen LogP contribution < -0.4 is 10.1 Å². The topological polar surface area (TPSA) is 64.1 Å². The fraction of sp³-hybridized carbons (Fsp3) is 0.0800. The molecule has 1 N–H and O–H groups in total. The zero-order valence-electron chi connectivity index (χ0n) is 16.9. The molecule has 3 aromatic carbocycles. The van der Waals surface area contributed by atoms with E-state index < -0.39 is 0 Å². The van der Waals surface area contributed by atoms with Gasteiger partial charge in [-0.2, -0.15) is 0 Å². The molecule has 154 valence electrons. The fourth-order valence-corrected chi connectivity index (χ4v) is 3.14. The number of carbonyl (C=O) groups excluding carboxylic acids is 1. The van der Waals surface area contributed by atoms with Gasteiger partial charge in [-0.3, -0.25) is 4.79 Å². The van der Waals surface area contributed by atoms with E-state index in [1.54, 1.807) is 25.4 Å². The van der Waals surface area contributed by atoms with Crippen LogP contribution in [0, 0.1) is 5.82 Å². The lowest BCUT2D eigenvalue weighted by atomic mass is 10.1. The van der Waals surface area contributed by atoms with E-state index in [0.29, 0.717) is 22.8 Å². The Balaban J connectivity index is 1.64. The molecule has 0 aliphatic heterocycles. The van der Waals surface area contributed by atoms with Crippen molar-refractivity contribution < 1.29 is 13.9 Å². The summed E-state index contributed by atoms with van der Waals surface area (Å²) in [5.41, 5.74) is 3.68. The maximum atomic E-state index is 13.1. The lowest BCUT2D eigenvalue weighted by Gasteiger charge is -2.12. The van der Waals surface area contributed by atoms with Gasteiger partial charge in [0.2, 0.25) is 5.91 Å². The number of halogens is 1. The summed E-state index contributed by atoms with van der Waals surface area (Å²) < 4.78 is 18.3. The predicted octanol–water partition coefficient (Wildman–Crippen LogP) is 5.14. The van der Waals surface area contributed by atoms with Gasteiger partial charge in [0, 0.05) is 11.1 Å². The SMILES string of the molecule is COc1ccc(-c2cnc(NC(=O)Cc3ccc(F)cc3)c(-c3ccccc3)n2)cc1. The van der Waals surface area contributed by atoms with Crippen LogP contribution >= 0.6 is 0 Å². The molecule has 4 aromatic rings. The van der Waals surface area contributed by atoms with Gasteiger partial charge in [-0.25, -0.2) is 14.4 Å². The Bertz CT molecular complexity index is 1180. The Labute approximate surface area is 179 Å². The van der Waals surface area contributed by atoms with Crippen LogP contribution in [0.15, 0.2) is 85.1 Å². The molecule has 0 fully saturated rings. The minimum absolute atomic E-state index is 0.108. The molecule has 6 heteroatoms. The molecule has 5 nitrogen and oxygen atoms in total. The second kappa shape index (κ2) is 9.17. The molecule has 1 amide bonds. The number of nitrogens with one attached hydrogen (secondary N) is 1. The largest absolute Gasteiger partial charge is 0.497 e. The Hall–Kier alpha value is -4.06. The van der Waals surface area contributed by atoms with Gasteiger partial charge in [0.15, 0.2) is 5.82 Å². The highest BCUT2D eigenvalue weighted by molar-refractivity contribution is 5.94. The lowest BCUT2D eigenvalue weighted by Crippen LogP contribution is -2.16. The Kier molecular flexibility index (Phi) is 5.98. The highest BCUT2D eigenvalue weighted by Gasteiger charge is 2.14. The number of carbonyl (C=O) groups is 1. The van der Waals surface area contributed by atoms with Gasteiger partial charge in [-0.05, 0) is 42.0 Å². The van der Waals surface area contributed by atoms with Gasteiger partial charge >= 0.3 is 0 Å². The third kappa shape index (κ3) is 4.93. The highest BCUT2D eigenvalue weighted by atomic mass is 19.1. The van der Waals surface area contributed by atoms with E-state index in [4.69, 9.17) is 9.72 Å². The third-order valence-electron chi connectivity index (χ3n) is 4.74. The van der Waals surface area contributed by atoms with Crippen LogP contribution in [-0.2, 0) is 11.2 Å². The summed E-state index contributed by atoms with van der Waals surface area (Å²) in [5.74, 6) is 0.533. The van der Waals surface area contributed by atoms with E-state index in [-0.39, 0.29) is 18.1 Å². The standard InChI is InChI=1S/C25H20FN3O2/c1-31-21-13-9-18(10-14-21)22-16-27-25(24(28-22)19-5-3-2-4-6-19)29-23(30)15-17-7-11-20(26)12-8-17/h2-14,16H,15H2,1H3,(H,27,29,30). The molecular weight excluding hydrogens is 393 g/mol. The Morgan fingerprint density at radius 3 is 2.32 bits per heavy atom. The van der Waals surface area contributed by atoms with E-state index in [1.807, 2.05) is 54.6 Å². The van der Waals surface area contributed by atoms with Crippen LogP contribution in [0.4, 0.5) is 10.2 Å². The lowest BCUT2D eigenvalue weighted by molar-refractivity contribution is -0.115. The molecule has 0 spiro atoms. The first-order valence-corrected chi connectivity index (χ1v) is 9.73. The molecule has 1 aromatic heterocycles. The molecule has 0 unspecified atom stereocenters. The molecular formula is C25H20FN3O2. The zero-order valence-corrected chi connectivity index (χ0v) is 16.9. The molecule has 31 heavy (non-hydrogen) atoms. The van der Waals surface area contributed by atoms with Crippen molar-refractivity contribution in [2.75, 3.05) is 12.4 Å². The fourth-order valence-electron chi connectivity index (χ4n) is 3.14. The molecule has 0 aliphatic rings. The van der Waals surface area contributed by atoms with Crippen LogP contribution in [0.2, 0.25) is 0 Å². The number of rotatable bonds is 6. The van der Waals surface area contributed by atoms with Gasteiger partial charge in [-0.1, -0.05) is 42.5 Å². The molecule has 0 atom stereocenters. The van der Waals surface area contributed by atoms with Crippen molar-refractivity contribution in [3.8, 4) is 28.3 Å². The smallest absolute Gasteiger partial charge is 0.230 e. The van der Waals surface area contributed by atoms with Crippen molar-refractivity contribution in [2.24, 2.45) is 0 Å². The summed E-state index contributed by atoms with van der Waals surface area (Å²) in [4.78, 5) is 21.8. The van der Waals surface area contributed by atoms with Crippen molar-refractivity contribution >= 4 is 11.7 Å². The second-order valence-corrected chi connectivity index (χ2v) is 6.90. The monoisotopic (exact) mass is 413 g/mol. The van der Waals surface area contributed by atoms with Crippen LogP contribution in [0.25, 0.3) is 22.5 Å². The third-order valence-corrected chi connectivity index (χ3v) is 4.74. The van der Waals surface area contributed by atoms with Crippen LogP contribution in [-0.4, -0.2) is 23.0 Å². The first-order chi connectivity index (χ1) is 15.1. The van der Waals surface area contributed by atoms with Crippen LogP contribution in [0.1, 0.15) is 5.56 Å². The van der Waals surface area contributed by atoms with Crippen molar-refractivity contribution in [3.05, 3.63) is 96.4 Å². The van der Waals surface area contributed by atoms with E-state index in [1.165, 1.54) is 12.1 Å². The van der Waals surface area contributed by atoms with Crippen molar-refractivity contribution in [1.29, 1.82) is 0 Å². The van der Waals surface area contributed by atoms with Crippen molar-refractivity contribution in [2.45, 2.75) is 6.42 Å². The van der Waals surface area contributed by atoms with E-state index in [2.05, 4.69) is 10.3 Å². The van der Waals surface area contributed by atoms with E-state index in [0.717, 1.165) is 16.9 Å². The van der Waals surface area contributed by atoms with Crippen molar-refractivity contribution in [1.82, 2.24) is 9.97 Å². The first kappa shape index (κ1) is 20.2. The number of hydrogen-bond acceptors (Lipinski definition) is 4. The average Bonchev–Trinajstić information content (AvgIpc) is 2.81. The summed E-state index contributed by atoms with van der Waals surface area (Å²) >= 11 is 0. The number of ether oxygens (including phenoxy) is 1. The maximum Gasteiger partial charge on any atom is 0.230 e. The molecule has 0 saturated carbocycles. The summed E-state index contributed by atoms with van der Waals surface area (Å²) in [5, 5.41) is 2.84. The predicted molar refractivity (Wildman–Crippen MR) is 118 cm³/mol. The minimum Gasteiger partial charge on any atom is -0.497 e. The van der Waals surface area contributed by atoms with Gasteiger partial charge < -0.3 is 10.1 Å². The van der Waals surface area contributed by atoms with E-state index in [9.17, 15) is 9.18 Å². The molecule has 0 bridgehead atoms. The Morgan fingerprint density at radius 2 is 1.65 bits per heavy atom. The summed E-state index contributed by atoms with van der Waals surface area (Å²) in [6.07, 6.45) is 1.73. The number of hydrogen-bond donors (Lipinski definition) is 1. The summed E-state index contributed by atoms with van der Waals surface area (Å²) in [6, 6.07) is 22.9. The van der Waals surface area contributed by atoms with Crippen molar-refractivity contribution in [3.63, 3.8) is 0 Å². The zero-order chi connectivity index (χ0) is 21.6. The first-order valence-electron chi connectivity index (χ1n) is 9.73. The van der Waals surface area contributed by atoms with Gasteiger partial charge in [0.1, 0.15) is 17.3 Å². The number of anilines is 1. The second-order valence-electron chi connectivity index (χ2n) is 6.90. The number of aromatic nitrogens is 2. The van der Waals surface area contributed by atoms with Gasteiger partial charge in [0.25, 0.3) is 0 Å².